The van der Waals surface area contributed by atoms with Crippen molar-refractivity contribution < 1.29 is 4.74 Å². The molecule has 0 radical (unpaired) electrons. The summed E-state index contributed by atoms with van der Waals surface area (Å²) in [6, 6.07) is 26.4. The first-order chi connectivity index (χ1) is 16.5. The number of rotatable bonds is 7. The number of nitrogen functional groups attached to an aromatic ring is 1. The Bertz CT molecular complexity index is 1410. The van der Waals surface area contributed by atoms with Crippen molar-refractivity contribution in [2.75, 3.05) is 10.6 Å². The maximum atomic E-state index is 6.12. The second-order valence-electron chi connectivity index (χ2n) is 8.32. The van der Waals surface area contributed by atoms with E-state index in [9.17, 15) is 0 Å². The molecule has 0 unspecified atom stereocenters. The molecule has 0 aliphatic rings. The van der Waals surface area contributed by atoms with Crippen LogP contribution in [0.4, 0.5) is 17.6 Å². The number of thiazole rings is 1. The van der Waals surface area contributed by atoms with Crippen LogP contribution in [0, 0.1) is 0 Å². The first kappa shape index (κ1) is 21.8. The topological polar surface area (TPSA) is 90.1 Å². The monoisotopic (exact) mass is 468 g/mol. The van der Waals surface area contributed by atoms with Crippen LogP contribution in [-0.4, -0.2) is 19.9 Å². The summed E-state index contributed by atoms with van der Waals surface area (Å²) in [7, 11) is 0. The van der Waals surface area contributed by atoms with Crippen molar-refractivity contribution in [3.63, 3.8) is 0 Å². The second-order valence-corrected chi connectivity index (χ2v) is 9.20. The Labute approximate surface area is 201 Å². The van der Waals surface area contributed by atoms with E-state index in [0.29, 0.717) is 12.6 Å². The predicted molar refractivity (Wildman–Crippen MR) is 136 cm³/mol. The SMILES string of the molecule is CC(C)(c1ccccc1)N(c1ccc2ncsc2c1)c1nc(N)nc(OCc2ccccc2)n1. The van der Waals surface area contributed by atoms with E-state index < -0.39 is 5.54 Å². The highest BCUT2D eigenvalue weighted by Crippen LogP contribution is 2.39. The number of hydrogen-bond donors (Lipinski definition) is 1. The molecular weight excluding hydrogens is 444 g/mol. The van der Waals surface area contributed by atoms with E-state index in [-0.39, 0.29) is 12.0 Å². The Morgan fingerprint density at radius 3 is 2.41 bits per heavy atom. The molecule has 3 aromatic carbocycles. The largest absolute Gasteiger partial charge is 0.458 e. The number of hydrogen-bond acceptors (Lipinski definition) is 8. The molecule has 7 nitrogen and oxygen atoms in total. The molecule has 0 saturated carbocycles. The molecule has 2 aromatic heterocycles. The fourth-order valence-corrected chi connectivity index (χ4v) is 4.60. The second kappa shape index (κ2) is 9.07. The number of benzene rings is 3. The number of nitrogens with two attached hydrogens (primary N) is 1. The Morgan fingerprint density at radius 2 is 1.65 bits per heavy atom. The van der Waals surface area contributed by atoms with Gasteiger partial charge in [0, 0.05) is 5.69 Å². The summed E-state index contributed by atoms with van der Waals surface area (Å²) in [6.07, 6.45) is 0. The van der Waals surface area contributed by atoms with E-state index in [2.05, 4.69) is 56.9 Å². The summed E-state index contributed by atoms with van der Waals surface area (Å²) in [5.74, 6) is 0.508. The van der Waals surface area contributed by atoms with Gasteiger partial charge in [-0.3, -0.25) is 0 Å². The molecule has 2 N–H and O–H groups in total. The van der Waals surface area contributed by atoms with E-state index in [1.165, 1.54) is 0 Å². The van der Waals surface area contributed by atoms with E-state index in [4.69, 9.17) is 10.5 Å². The summed E-state index contributed by atoms with van der Waals surface area (Å²) in [4.78, 5) is 19.9. The van der Waals surface area contributed by atoms with E-state index in [0.717, 1.165) is 27.0 Å². The Morgan fingerprint density at radius 1 is 0.912 bits per heavy atom. The third-order valence-electron chi connectivity index (χ3n) is 5.64. The van der Waals surface area contributed by atoms with Gasteiger partial charge in [-0.15, -0.1) is 11.3 Å². The number of ether oxygens (including phenoxy) is 1. The molecule has 0 fully saturated rings. The predicted octanol–water partition coefficient (Wildman–Crippen LogP) is 5.72. The number of aromatic nitrogens is 4. The first-order valence-electron chi connectivity index (χ1n) is 10.9. The molecule has 0 aliphatic heterocycles. The Kier molecular flexibility index (Phi) is 5.81. The molecule has 34 heavy (non-hydrogen) atoms. The zero-order valence-corrected chi connectivity index (χ0v) is 19.7. The van der Waals surface area contributed by atoms with Crippen LogP contribution in [0.25, 0.3) is 10.2 Å². The molecule has 0 bridgehead atoms. The van der Waals surface area contributed by atoms with Crippen LogP contribution in [0.15, 0.2) is 84.4 Å². The van der Waals surface area contributed by atoms with Crippen molar-refractivity contribution >= 4 is 39.1 Å². The lowest BCUT2D eigenvalue weighted by molar-refractivity contribution is 0.280. The Hall–Kier alpha value is -4.04. The standard InChI is InChI=1S/C26H24N6OS/c1-26(2,19-11-7-4-8-12-19)32(20-13-14-21-22(15-20)34-17-28-21)24-29-23(27)30-25(31-24)33-16-18-9-5-3-6-10-18/h3-15,17H,16H2,1-2H3,(H2,27,29,30,31). The van der Waals surface area contributed by atoms with Crippen LogP contribution < -0.4 is 15.4 Å². The highest BCUT2D eigenvalue weighted by molar-refractivity contribution is 7.16. The van der Waals surface area contributed by atoms with Crippen molar-refractivity contribution in [1.29, 1.82) is 0 Å². The van der Waals surface area contributed by atoms with Gasteiger partial charge in [0.1, 0.15) is 6.61 Å². The van der Waals surface area contributed by atoms with Crippen LogP contribution in [0.2, 0.25) is 0 Å². The molecule has 5 aromatic rings. The van der Waals surface area contributed by atoms with Crippen molar-refractivity contribution in [1.82, 2.24) is 19.9 Å². The highest BCUT2D eigenvalue weighted by Gasteiger charge is 2.33. The lowest BCUT2D eigenvalue weighted by atomic mass is 9.91. The molecule has 0 spiro atoms. The third kappa shape index (κ3) is 4.40. The number of fused-ring (bicyclic) bond motifs is 1. The zero-order valence-electron chi connectivity index (χ0n) is 18.9. The molecule has 0 atom stereocenters. The average molecular weight is 469 g/mol. The normalized spacial score (nSPS) is 11.5. The van der Waals surface area contributed by atoms with Gasteiger partial charge in [-0.05, 0) is 43.2 Å². The van der Waals surface area contributed by atoms with Crippen LogP contribution in [0.1, 0.15) is 25.0 Å². The molecule has 8 heteroatoms. The van der Waals surface area contributed by atoms with E-state index >= 15 is 0 Å². The molecule has 170 valence electrons. The average Bonchev–Trinajstić information content (AvgIpc) is 3.32. The fourth-order valence-electron chi connectivity index (χ4n) is 3.89. The van der Waals surface area contributed by atoms with Gasteiger partial charge in [0.2, 0.25) is 11.9 Å². The molecule has 0 saturated heterocycles. The van der Waals surface area contributed by atoms with Crippen molar-refractivity contribution in [2.24, 2.45) is 0 Å². The van der Waals surface area contributed by atoms with Gasteiger partial charge in [0.15, 0.2) is 0 Å². The first-order valence-corrected chi connectivity index (χ1v) is 11.8. The van der Waals surface area contributed by atoms with Gasteiger partial charge in [-0.1, -0.05) is 60.7 Å². The zero-order chi connectivity index (χ0) is 23.5. The summed E-state index contributed by atoms with van der Waals surface area (Å²) in [6.45, 7) is 4.59. The summed E-state index contributed by atoms with van der Waals surface area (Å²) < 4.78 is 6.98. The lowest BCUT2D eigenvalue weighted by Gasteiger charge is -2.39. The maximum Gasteiger partial charge on any atom is 0.323 e. The van der Waals surface area contributed by atoms with E-state index in [1.807, 2.05) is 66.2 Å². The van der Waals surface area contributed by atoms with Gasteiger partial charge >= 0.3 is 6.01 Å². The summed E-state index contributed by atoms with van der Waals surface area (Å²) in [5, 5.41) is 0. The van der Waals surface area contributed by atoms with Crippen molar-refractivity contribution in [3.05, 3.63) is 95.5 Å². The van der Waals surface area contributed by atoms with Crippen LogP contribution >= 0.6 is 11.3 Å². The minimum Gasteiger partial charge on any atom is -0.458 e. The molecule has 0 amide bonds. The van der Waals surface area contributed by atoms with Gasteiger partial charge < -0.3 is 15.4 Å². The van der Waals surface area contributed by atoms with E-state index in [1.54, 1.807) is 11.3 Å². The molecule has 5 rings (SSSR count). The quantitative estimate of drug-likeness (QED) is 0.327. The van der Waals surface area contributed by atoms with Crippen molar-refractivity contribution in [3.8, 4) is 6.01 Å². The van der Waals surface area contributed by atoms with Gasteiger partial charge in [0.25, 0.3) is 0 Å². The Balaban J connectivity index is 1.59. The van der Waals surface area contributed by atoms with Gasteiger partial charge in [-0.2, -0.15) is 15.0 Å². The smallest absolute Gasteiger partial charge is 0.323 e. The van der Waals surface area contributed by atoms with Crippen LogP contribution in [-0.2, 0) is 12.1 Å². The van der Waals surface area contributed by atoms with Crippen molar-refractivity contribution in [2.45, 2.75) is 26.0 Å². The summed E-state index contributed by atoms with van der Waals surface area (Å²) in [5.41, 5.74) is 11.4. The molecule has 0 aliphatic carbocycles. The number of nitrogens with zero attached hydrogens (tertiary/aromatic N) is 5. The fraction of sp³-hybridized carbons (Fsp3) is 0.154. The molecular formula is C26H24N6OS. The molecule has 2 heterocycles. The lowest BCUT2D eigenvalue weighted by Crippen LogP contribution is -2.39. The maximum absolute atomic E-state index is 6.12. The minimum atomic E-state index is -0.510. The number of anilines is 3. The highest BCUT2D eigenvalue weighted by atomic mass is 32.1. The third-order valence-corrected chi connectivity index (χ3v) is 6.44. The van der Waals surface area contributed by atoms with Crippen LogP contribution in [0.5, 0.6) is 6.01 Å². The van der Waals surface area contributed by atoms with Gasteiger partial charge in [0.05, 0.1) is 21.3 Å². The summed E-state index contributed by atoms with van der Waals surface area (Å²) >= 11 is 1.59. The minimum absolute atomic E-state index is 0.0980. The van der Waals surface area contributed by atoms with Gasteiger partial charge in [-0.25, -0.2) is 4.98 Å². The van der Waals surface area contributed by atoms with Crippen LogP contribution in [0.3, 0.4) is 0 Å².